The van der Waals surface area contributed by atoms with Gasteiger partial charge in [0.05, 0.1) is 5.69 Å². The van der Waals surface area contributed by atoms with Gasteiger partial charge in [-0.2, -0.15) is 0 Å². The second-order valence-corrected chi connectivity index (χ2v) is 3.80. The van der Waals surface area contributed by atoms with Crippen LogP contribution in [0.4, 0.5) is 14.5 Å². The lowest BCUT2D eigenvalue weighted by Gasteiger charge is -2.13. The SMILES string of the molecule is O=C1c2nccnc2C(=O)N1c1ccc(F)cc1F. The predicted molar refractivity (Wildman–Crippen MR) is 59.5 cm³/mol. The van der Waals surface area contributed by atoms with Gasteiger partial charge in [-0.1, -0.05) is 0 Å². The van der Waals surface area contributed by atoms with Crippen molar-refractivity contribution in [3.05, 3.63) is 53.6 Å². The van der Waals surface area contributed by atoms with Crippen LogP contribution < -0.4 is 4.90 Å². The zero-order valence-corrected chi connectivity index (χ0v) is 9.30. The molecule has 5 nitrogen and oxygen atoms in total. The summed E-state index contributed by atoms with van der Waals surface area (Å²) in [4.78, 5) is 32.1. The van der Waals surface area contributed by atoms with Gasteiger partial charge < -0.3 is 0 Å². The summed E-state index contributed by atoms with van der Waals surface area (Å²) < 4.78 is 26.5. The van der Waals surface area contributed by atoms with E-state index in [9.17, 15) is 18.4 Å². The highest BCUT2D eigenvalue weighted by atomic mass is 19.1. The molecule has 94 valence electrons. The van der Waals surface area contributed by atoms with E-state index in [0.717, 1.165) is 12.1 Å². The average molecular weight is 261 g/mol. The molecule has 0 saturated heterocycles. The molecular weight excluding hydrogens is 256 g/mol. The van der Waals surface area contributed by atoms with Gasteiger partial charge in [-0.15, -0.1) is 0 Å². The van der Waals surface area contributed by atoms with Crippen LogP contribution in [-0.2, 0) is 0 Å². The van der Waals surface area contributed by atoms with Gasteiger partial charge in [0.15, 0.2) is 11.4 Å². The van der Waals surface area contributed by atoms with E-state index in [1.165, 1.54) is 12.4 Å². The molecule has 1 aliphatic rings. The fourth-order valence-corrected chi connectivity index (χ4v) is 1.84. The van der Waals surface area contributed by atoms with Gasteiger partial charge in [-0.05, 0) is 12.1 Å². The first-order chi connectivity index (χ1) is 9.09. The zero-order valence-electron chi connectivity index (χ0n) is 9.30. The minimum Gasteiger partial charge on any atom is -0.266 e. The maximum Gasteiger partial charge on any atom is 0.286 e. The van der Waals surface area contributed by atoms with Crippen LogP contribution in [0, 0.1) is 11.6 Å². The van der Waals surface area contributed by atoms with E-state index in [1.807, 2.05) is 0 Å². The number of amides is 2. The number of hydrogen-bond acceptors (Lipinski definition) is 4. The molecule has 0 bridgehead atoms. The lowest BCUT2D eigenvalue weighted by molar-refractivity contribution is 0.0922. The van der Waals surface area contributed by atoms with Crippen molar-refractivity contribution in [3.63, 3.8) is 0 Å². The van der Waals surface area contributed by atoms with Crippen molar-refractivity contribution in [3.8, 4) is 0 Å². The molecule has 0 saturated carbocycles. The summed E-state index contributed by atoms with van der Waals surface area (Å²) >= 11 is 0. The molecule has 2 heterocycles. The molecule has 1 aliphatic heterocycles. The van der Waals surface area contributed by atoms with E-state index >= 15 is 0 Å². The lowest BCUT2D eigenvalue weighted by Crippen LogP contribution is -2.30. The third kappa shape index (κ3) is 1.59. The number of halogens is 2. The first-order valence-electron chi connectivity index (χ1n) is 5.24. The van der Waals surface area contributed by atoms with Gasteiger partial charge in [0.1, 0.15) is 11.6 Å². The molecule has 3 rings (SSSR count). The minimum absolute atomic E-state index is 0.142. The third-order valence-corrected chi connectivity index (χ3v) is 2.66. The molecule has 0 spiro atoms. The number of anilines is 1. The van der Waals surface area contributed by atoms with Crippen molar-refractivity contribution < 1.29 is 18.4 Å². The summed E-state index contributed by atoms with van der Waals surface area (Å²) in [7, 11) is 0. The number of carbonyl (C=O) groups is 2. The topological polar surface area (TPSA) is 63.2 Å². The van der Waals surface area contributed by atoms with E-state index in [-0.39, 0.29) is 17.1 Å². The first-order valence-corrected chi connectivity index (χ1v) is 5.24. The Labute approximate surface area is 105 Å². The van der Waals surface area contributed by atoms with E-state index < -0.39 is 23.4 Å². The maximum atomic E-state index is 13.6. The average Bonchev–Trinajstić information content (AvgIpc) is 2.64. The number of rotatable bonds is 1. The van der Waals surface area contributed by atoms with Crippen molar-refractivity contribution in [2.75, 3.05) is 4.90 Å². The molecule has 0 fully saturated rings. The Hall–Kier alpha value is -2.70. The van der Waals surface area contributed by atoms with Crippen LogP contribution in [0.3, 0.4) is 0 Å². The Morgan fingerprint density at radius 3 is 2.05 bits per heavy atom. The zero-order chi connectivity index (χ0) is 13.6. The first kappa shape index (κ1) is 11.4. The molecule has 1 aromatic heterocycles. The van der Waals surface area contributed by atoms with Crippen molar-refractivity contribution in [2.24, 2.45) is 0 Å². The summed E-state index contributed by atoms with van der Waals surface area (Å²) in [5.41, 5.74) is -0.608. The quantitative estimate of drug-likeness (QED) is 0.731. The Bertz CT molecular complexity index is 683. The highest BCUT2D eigenvalue weighted by molar-refractivity contribution is 6.33. The summed E-state index contributed by atoms with van der Waals surface area (Å²) in [5, 5.41) is 0. The third-order valence-electron chi connectivity index (χ3n) is 2.66. The fraction of sp³-hybridized carbons (Fsp3) is 0. The monoisotopic (exact) mass is 261 g/mol. The number of nitrogens with zero attached hydrogens (tertiary/aromatic N) is 3. The number of aromatic nitrogens is 2. The number of fused-ring (bicyclic) bond motifs is 1. The number of benzene rings is 1. The highest BCUT2D eigenvalue weighted by Crippen LogP contribution is 2.28. The molecule has 0 radical (unpaired) electrons. The van der Waals surface area contributed by atoms with E-state index in [0.29, 0.717) is 11.0 Å². The largest absolute Gasteiger partial charge is 0.286 e. The van der Waals surface area contributed by atoms with Gasteiger partial charge in [0.25, 0.3) is 11.8 Å². The van der Waals surface area contributed by atoms with E-state index in [1.54, 1.807) is 0 Å². The smallest absolute Gasteiger partial charge is 0.266 e. The molecule has 0 aliphatic carbocycles. The van der Waals surface area contributed by atoms with Crippen LogP contribution in [0.1, 0.15) is 21.0 Å². The Morgan fingerprint density at radius 2 is 1.53 bits per heavy atom. The van der Waals surface area contributed by atoms with Gasteiger partial charge >= 0.3 is 0 Å². The standard InChI is InChI=1S/C12H5F2N3O2/c13-6-1-2-8(7(14)5-6)17-11(18)9-10(12(17)19)16-4-3-15-9/h1-5H. The van der Waals surface area contributed by atoms with Crippen LogP contribution >= 0.6 is 0 Å². The van der Waals surface area contributed by atoms with Crippen LogP contribution in [0.15, 0.2) is 30.6 Å². The number of hydrogen-bond donors (Lipinski definition) is 0. The van der Waals surface area contributed by atoms with Crippen LogP contribution in [0.2, 0.25) is 0 Å². The molecule has 0 unspecified atom stereocenters. The fourth-order valence-electron chi connectivity index (χ4n) is 1.84. The van der Waals surface area contributed by atoms with Gasteiger partial charge in [0, 0.05) is 18.5 Å². The summed E-state index contributed by atoms with van der Waals surface area (Å²) in [6, 6.07) is 2.58. The van der Waals surface area contributed by atoms with Gasteiger partial charge in [0.2, 0.25) is 0 Å². The van der Waals surface area contributed by atoms with Crippen LogP contribution in [0.5, 0.6) is 0 Å². The Morgan fingerprint density at radius 1 is 0.947 bits per heavy atom. The van der Waals surface area contributed by atoms with Crippen molar-refractivity contribution in [1.29, 1.82) is 0 Å². The summed E-state index contributed by atoms with van der Waals surface area (Å²) in [5.74, 6) is -3.36. The minimum atomic E-state index is -1.01. The van der Waals surface area contributed by atoms with E-state index in [4.69, 9.17) is 0 Å². The normalized spacial score (nSPS) is 13.9. The molecule has 19 heavy (non-hydrogen) atoms. The molecule has 0 N–H and O–H groups in total. The van der Waals surface area contributed by atoms with Crippen LogP contribution in [0.25, 0.3) is 0 Å². The Kier molecular flexibility index (Phi) is 2.34. The van der Waals surface area contributed by atoms with Crippen molar-refractivity contribution >= 4 is 17.5 Å². The second kappa shape index (κ2) is 3.91. The lowest BCUT2D eigenvalue weighted by atomic mass is 10.2. The number of imide groups is 1. The van der Waals surface area contributed by atoms with Gasteiger partial charge in [-0.25, -0.2) is 23.6 Å². The highest BCUT2D eigenvalue weighted by Gasteiger charge is 2.40. The molecule has 0 atom stereocenters. The Balaban J connectivity index is 2.14. The number of carbonyl (C=O) groups excluding carboxylic acids is 2. The van der Waals surface area contributed by atoms with Crippen molar-refractivity contribution in [2.45, 2.75) is 0 Å². The molecule has 2 aromatic rings. The maximum absolute atomic E-state index is 13.6. The predicted octanol–water partition coefficient (Wildman–Crippen LogP) is 1.56. The van der Waals surface area contributed by atoms with Crippen LogP contribution in [-0.4, -0.2) is 21.8 Å². The second-order valence-electron chi connectivity index (χ2n) is 3.80. The summed E-state index contributed by atoms with van der Waals surface area (Å²) in [6.07, 6.45) is 2.52. The summed E-state index contributed by atoms with van der Waals surface area (Å²) in [6.45, 7) is 0. The molecular formula is C12H5F2N3O2. The van der Waals surface area contributed by atoms with Gasteiger partial charge in [-0.3, -0.25) is 9.59 Å². The van der Waals surface area contributed by atoms with E-state index in [2.05, 4.69) is 9.97 Å². The molecule has 2 amide bonds. The van der Waals surface area contributed by atoms with Crippen molar-refractivity contribution in [1.82, 2.24) is 9.97 Å². The molecule has 7 heteroatoms. The molecule has 1 aromatic carbocycles.